The second kappa shape index (κ2) is 9.69. The minimum Gasteiger partial charge on any atom is -0.461 e. The molecular weight excluding hydrogens is 322 g/mol. The number of esters is 1. The topological polar surface area (TPSA) is 46.6 Å². The summed E-state index contributed by atoms with van der Waals surface area (Å²) in [6.45, 7) is 12.3. The van der Waals surface area contributed by atoms with Crippen molar-refractivity contribution in [1.82, 2.24) is 4.90 Å². The molecule has 1 aliphatic rings. The molecule has 2 unspecified atom stereocenters. The maximum absolute atomic E-state index is 12.8. The first-order valence-electron chi connectivity index (χ1n) is 9.31. The van der Waals surface area contributed by atoms with Crippen molar-refractivity contribution in [2.75, 3.05) is 5.75 Å². The van der Waals surface area contributed by atoms with Crippen LogP contribution in [0.15, 0.2) is 0 Å². The van der Waals surface area contributed by atoms with Gasteiger partial charge in [0, 0.05) is 12.2 Å². The van der Waals surface area contributed by atoms with Crippen LogP contribution in [0.5, 0.6) is 0 Å². The number of thioether (sulfide) groups is 1. The van der Waals surface area contributed by atoms with Gasteiger partial charge in [-0.2, -0.15) is 0 Å². The van der Waals surface area contributed by atoms with E-state index in [2.05, 4.69) is 27.7 Å². The molecule has 1 heterocycles. The lowest BCUT2D eigenvalue weighted by Crippen LogP contribution is -2.50. The Kier molecular flexibility index (Phi) is 8.61. The standard InChI is InChI=1S/C19H35NO3S/c1-7-8-9-10-11-12-16(21)20-15(17(22)23-14(2)3)13-24-18(20)19(4,5)6/h14-15,18H,7-13H2,1-6H3. The van der Waals surface area contributed by atoms with Crippen molar-refractivity contribution in [1.29, 1.82) is 0 Å². The van der Waals surface area contributed by atoms with E-state index < -0.39 is 6.04 Å². The average molecular weight is 358 g/mol. The third-order valence-electron chi connectivity index (χ3n) is 4.15. The molecule has 5 heteroatoms. The van der Waals surface area contributed by atoms with Gasteiger partial charge in [0.05, 0.1) is 11.5 Å². The molecule has 0 N–H and O–H groups in total. The van der Waals surface area contributed by atoms with Gasteiger partial charge in [0.1, 0.15) is 6.04 Å². The van der Waals surface area contributed by atoms with Crippen LogP contribution in [0, 0.1) is 5.41 Å². The zero-order valence-corrected chi connectivity index (χ0v) is 17.1. The number of carbonyl (C=O) groups excluding carboxylic acids is 2. The van der Waals surface area contributed by atoms with E-state index in [9.17, 15) is 9.59 Å². The summed E-state index contributed by atoms with van der Waals surface area (Å²) in [7, 11) is 0. The quantitative estimate of drug-likeness (QED) is 0.470. The van der Waals surface area contributed by atoms with Gasteiger partial charge in [-0.15, -0.1) is 11.8 Å². The van der Waals surface area contributed by atoms with Gasteiger partial charge in [0.25, 0.3) is 0 Å². The molecule has 0 saturated carbocycles. The molecule has 0 aromatic heterocycles. The number of amides is 1. The number of hydrogen-bond acceptors (Lipinski definition) is 4. The van der Waals surface area contributed by atoms with Gasteiger partial charge < -0.3 is 9.64 Å². The molecule has 0 aromatic carbocycles. The monoisotopic (exact) mass is 357 g/mol. The Morgan fingerprint density at radius 3 is 2.33 bits per heavy atom. The van der Waals surface area contributed by atoms with Gasteiger partial charge in [-0.3, -0.25) is 4.79 Å². The highest BCUT2D eigenvalue weighted by Gasteiger charge is 2.46. The fourth-order valence-corrected chi connectivity index (χ4v) is 4.57. The van der Waals surface area contributed by atoms with E-state index in [0.717, 1.165) is 12.8 Å². The number of hydrogen-bond donors (Lipinski definition) is 0. The van der Waals surface area contributed by atoms with E-state index in [-0.39, 0.29) is 28.8 Å². The first-order valence-corrected chi connectivity index (χ1v) is 10.4. The third-order valence-corrected chi connectivity index (χ3v) is 5.91. The largest absolute Gasteiger partial charge is 0.461 e. The summed E-state index contributed by atoms with van der Waals surface area (Å²) in [6, 6.07) is -0.440. The van der Waals surface area contributed by atoms with E-state index in [1.807, 2.05) is 18.7 Å². The predicted octanol–water partition coefficient (Wildman–Crippen LogP) is 4.61. The van der Waals surface area contributed by atoms with Crippen LogP contribution in [0.1, 0.15) is 80.1 Å². The molecule has 1 aliphatic heterocycles. The molecule has 0 aromatic rings. The fourth-order valence-electron chi connectivity index (χ4n) is 2.98. The Bertz CT molecular complexity index is 417. The molecule has 0 spiro atoms. The maximum atomic E-state index is 12.8. The molecular formula is C19H35NO3S. The molecule has 0 aliphatic carbocycles. The van der Waals surface area contributed by atoms with Gasteiger partial charge in [-0.1, -0.05) is 53.4 Å². The van der Waals surface area contributed by atoms with Crippen molar-refractivity contribution < 1.29 is 14.3 Å². The highest BCUT2D eigenvalue weighted by Crippen LogP contribution is 2.41. The van der Waals surface area contributed by atoms with Crippen molar-refractivity contribution in [3.63, 3.8) is 0 Å². The molecule has 4 nitrogen and oxygen atoms in total. The second-order valence-electron chi connectivity index (χ2n) is 8.02. The minimum atomic E-state index is -0.440. The van der Waals surface area contributed by atoms with Gasteiger partial charge in [-0.05, 0) is 25.7 Å². The number of carbonyl (C=O) groups is 2. The summed E-state index contributed by atoms with van der Waals surface area (Å²) >= 11 is 1.70. The second-order valence-corrected chi connectivity index (χ2v) is 9.13. The zero-order valence-electron chi connectivity index (χ0n) is 16.3. The maximum Gasteiger partial charge on any atom is 0.330 e. The van der Waals surface area contributed by atoms with Crippen LogP contribution in [0.2, 0.25) is 0 Å². The van der Waals surface area contributed by atoms with Crippen molar-refractivity contribution in [3.8, 4) is 0 Å². The highest BCUT2D eigenvalue weighted by molar-refractivity contribution is 8.00. The summed E-state index contributed by atoms with van der Waals surface area (Å²) in [4.78, 5) is 27.1. The number of unbranched alkanes of at least 4 members (excludes halogenated alkanes) is 4. The van der Waals surface area contributed by atoms with Crippen molar-refractivity contribution in [3.05, 3.63) is 0 Å². The SMILES string of the molecule is CCCCCCCC(=O)N1C(C(=O)OC(C)C)CSC1C(C)(C)C. The van der Waals surface area contributed by atoms with Crippen LogP contribution >= 0.6 is 11.8 Å². The normalized spacial score (nSPS) is 21.4. The smallest absolute Gasteiger partial charge is 0.330 e. The first kappa shape index (κ1) is 21.3. The van der Waals surface area contributed by atoms with Crippen molar-refractivity contribution >= 4 is 23.6 Å². The summed E-state index contributed by atoms with van der Waals surface area (Å²) in [5.41, 5.74) is -0.0601. The van der Waals surface area contributed by atoms with Gasteiger partial charge in [0.15, 0.2) is 0 Å². The number of rotatable bonds is 8. The van der Waals surface area contributed by atoms with Gasteiger partial charge in [0.2, 0.25) is 5.91 Å². The van der Waals surface area contributed by atoms with Crippen LogP contribution in [0.3, 0.4) is 0 Å². The highest BCUT2D eigenvalue weighted by atomic mass is 32.2. The molecule has 0 radical (unpaired) electrons. The van der Waals surface area contributed by atoms with Crippen LogP contribution < -0.4 is 0 Å². The zero-order chi connectivity index (χ0) is 18.3. The number of nitrogens with zero attached hydrogens (tertiary/aromatic N) is 1. The summed E-state index contributed by atoms with van der Waals surface area (Å²) in [5.74, 6) is 0.473. The molecule has 1 saturated heterocycles. The Hall–Kier alpha value is -0.710. The van der Waals surface area contributed by atoms with Crippen molar-refractivity contribution in [2.45, 2.75) is 97.6 Å². The van der Waals surface area contributed by atoms with E-state index >= 15 is 0 Å². The Balaban J connectivity index is 2.75. The molecule has 2 atom stereocenters. The Morgan fingerprint density at radius 2 is 1.79 bits per heavy atom. The van der Waals surface area contributed by atoms with Crippen LogP contribution in [0.4, 0.5) is 0 Å². The summed E-state index contributed by atoms with van der Waals surface area (Å²) < 4.78 is 5.39. The molecule has 140 valence electrons. The van der Waals surface area contributed by atoms with Gasteiger partial charge >= 0.3 is 5.97 Å². The van der Waals surface area contributed by atoms with E-state index in [0.29, 0.717) is 12.2 Å². The van der Waals surface area contributed by atoms with Crippen LogP contribution in [-0.2, 0) is 14.3 Å². The lowest BCUT2D eigenvalue weighted by Gasteiger charge is -2.36. The van der Waals surface area contributed by atoms with E-state index in [1.54, 1.807) is 11.8 Å². The predicted molar refractivity (Wildman–Crippen MR) is 101 cm³/mol. The Morgan fingerprint density at radius 1 is 1.17 bits per heavy atom. The summed E-state index contributed by atoms with van der Waals surface area (Å²) in [6.07, 6.45) is 5.97. The van der Waals surface area contributed by atoms with E-state index in [4.69, 9.17) is 4.74 Å². The van der Waals surface area contributed by atoms with E-state index in [1.165, 1.54) is 19.3 Å². The molecule has 24 heavy (non-hydrogen) atoms. The first-order chi connectivity index (χ1) is 11.2. The van der Waals surface area contributed by atoms with Crippen molar-refractivity contribution in [2.24, 2.45) is 5.41 Å². The molecule has 1 amide bonds. The summed E-state index contributed by atoms with van der Waals surface area (Å²) in [5, 5.41) is 0.0327. The van der Waals surface area contributed by atoms with Gasteiger partial charge in [-0.25, -0.2) is 4.79 Å². The fraction of sp³-hybridized carbons (Fsp3) is 0.895. The number of ether oxygens (including phenoxy) is 1. The van der Waals surface area contributed by atoms with Crippen LogP contribution in [-0.4, -0.2) is 40.0 Å². The third kappa shape index (κ3) is 6.30. The molecule has 1 rings (SSSR count). The van der Waals surface area contributed by atoms with Crippen LogP contribution in [0.25, 0.3) is 0 Å². The lowest BCUT2D eigenvalue weighted by atomic mass is 9.94. The molecule has 1 fully saturated rings. The Labute approximate surface area is 152 Å². The molecule has 0 bridgehead atoms. The lowest BCUT2D eigenvalue weighted by molar-refractivity contribution is -0.158. The minimum absolute atomic E-state index is 0.0327. The average Bonchev–Trinajstić information content (AvgIpc) is 2.91.